The van der Waals surface area contributed by atoms with E-state index in [0.717, 1.165) is 31.0 Å². The van der Waals surface area contributed by atoms with Crippen molar-refractivity contribution >= 4 is 37.8 Å². The van der Waals surface area contributed by atoms with Gasteiger partial charge in [-0.05, 0) is 58.6 Å². The highest BCUT2D eigenvalue weighted by molar-refractivity contribution is 9.10. The third-order valence-corrected chi connectivity index (χ3v) is 10.4. The van der Waals surface area contributed by atoms with Crippen LogP contribution in [0.2, 0.25) is 0 Å². The number of piperazine rings is 1. The van der Waals surface area contributed by atoms with Crippen LogP contribution in [0.25, 0.3) is 0 Å². The molecule has 4 rings (SSSR count). The first-order valence-corrected chi connectivity index (χ1v) is 15.9. The van der Waals surface area contributed by atoms with Gasteiger partial charge in [-0.25, -0.2) is 17.2 Å². The lowest BCUT2D eigenvalue weighted by atomic mass is 9.94. The normalized spacial score (nSPS) is 21.6. The number of likely N-dealkylation sites (tertiary alicyclic amines) is 1. The second kappa shape index (κ2) is 13.7. The Morgan fingerprint density at radius 1 is 1.20 bits per heavy atom. The Hall–Kier alpha value is -2.45. The number of amides is 2. The Kier molecular flexibility index (Phi) is 10.5. The second-order valence-electron chi connectivity index (χ2n) is 10.5. The van der Waals surface area contributed by atoms with E-state index in [0.29, 0.717) is 11.0 Å². The van der Waals surface area contributed by atoms with Crippen LogP contribution in [0.3, 0.4) is 0 Å². The second-order valence-corrected chi connectivity index (χ2v) is 13.3. The van der Waals surface area contributed by atoms with Crippen LogP contribution in [-0.2, 0) is 26.0 Å². The van der Waals surface area contributed by atoms with E-state index in [1.54, 1.807) is 23.1 Å². The summed E-state index contributed by atoms with van der Waals surface area (Å²) in [5.41, 5.74) is 0.215. The summed E-state index contributed by atoms with van der Waals surface area (Å²) in [4.78, 5) is 27.5. The van der Waals surface area contributed by atoms with Crippen LogP contribution >= 0.6 is 15.9 Å². The van der Waals surface area contributed by atoms with E-state index in [1.807, 2.05) is 6.92 Å². The summed E-state index contributed by atoms with van der Waals surface area (Å²) < 4.78 is 56.4. The number of unbranched alkanes of at least 4 members (excludes halogenated alkanes) is 1. The lowest BCUT2D eigenvalue weighted by Crippen LogP contribution is -2.62. The van der Waals surface area contributed by atoms with Gasteiger partial charge < -0.3 is 20.6 Å². The van der Waals surface area contributed by atoms with E-state index in [1.165, 1.54) is 10.4 Å². The minimum atomic E-state index is -3.91. The molecule has 2 unspecified atom stereocenters. The maximum absolute atomic E-state index is 14.0. The van der Waals surface area contributed by atoms with Crippen molar-refractivity contribution in [2.45, 2.75) is 55.7 Å². The smallest absolute Gasteiger partial charge is 0.244 e. The number of aliphatic hydroxyl groups is 1. The average molecular weight is 658 g/mol. The molecular weight excluding hydrogens is 622 g/mol. The van der Waals surface area contributed by atoms with Gasteiger partial charge in [-0.3, -0.25) is 9.59 Å². The summed E-state index contributed by atoms with van der Waals surface area (Å²) in [5.74, 6) is -2.80. The van der Waals surface area contributed by atoms with Crippen LogP contribution in [0.1, 0.15) is 31.7 Å². The molecule has 2 aromatic carbocycles. The minimum Gasteiger partial charge on any atom is -0.389 e. The van der Waals surface area contributed by atoms with E-state index in [-0.39, 0.29) is 55.4 Å². The first kappa shape index (κ1) is 31.5. The van der Waals surface area contributed by atoms with Gasteiger partial charge in [0, 0.05) is 55.7 Å². The molecule has 2 aliphatic rings. The maximum atomic E-state index is 14.0. The summed E-state index contributed by atoms with van der Waals surface area (Å²) in [7, 11) is -3.91. The van der Waals surface area contributed by atoms with E-state index in [9.17, 15) is 31.9 Å². The molecule has 224 valence electrons. The molecule has 0 spiro atoms. The molecule has 2 amide bonds. The van der Waals surface area contributed by atoms with Gasteiger partial charge in [-0.2, -0.15) is 4.31 Å². The molecule has 2 saturated heterocycles. The number of benzene rings is 2. The fraction of sp³-hybridized carbons (Fsp3) is 0.500. The quantitative estimate of drug-likeness (QED) is 0.342. The highest BCUT2D eigenvalue weighted by atomic mass is 79.9. The molecule has 0 bridgehead atoms. The van der Waals surface area contributed by atoms with Crippen LogP contribution in [0.5, 0.6) is 0 Å². The highest BCUT2D eigenvalue weighted by Crippen LogP contribution is 2.26. The Morgan fingerprint density at radius 2 is 1.90 bits per heavy atom. The Balaban J connectivity index is 1.54. The number of hydrogen-bond acceptors (Lipinski definition) is 6. The molecule has 2 aliphatic heterocycles. The zero-order valence-electron chi connectivity index (χ0n) is 22.7. The van der Waals surface area contributed by atoms with E-state index in [2.05, 4.69) is 26.6 Å². The van der Waals surface area contributed by atoms with Crippen molar-refractivity contribution in [2.75, 3.05) is 32.7 Å². The number of carbonyl (C=O) groups excluding carboxylic acids is 2. The van der Waals surface area contributed by atoms with Crippen LogP contribution in [0.4, 0.5) is 8.78 Å². The molecule has 2 fully saturated rings. The standard InChI is InChI=1S/C28H35BrF2N4O5S/c1-2-3-9-34-16-19(14-26(34)36)28(38)33-23(13-18-11-20(30)15-21(31)12-18)27(37)24-17-35(10-8-32-24)41(39,40)25-7-5-4-6-22(25)29/h4-7,11-12,15,19,23-24,27,32,37H,2-3,8-10,13-14,16-17H2,1H3,(H,33,38)/t19?,23?,24-,27+/m1/s1. The SMILES string of the molecule is CCCCN1CC(C(=O)NC(Cc2cc(F)cc(F)c2)[C@H](O)[C@H]2CN(S(=O)(=O)c3ccccc3Br)CCN2)CC1=O. The zero-order valence-corrected chi connectivity index (χ0v) is 25.1. The lowest BCUT2D eigenvalue weighted by Gasteiger charge is -2.38. The predicted octanol–water partition coefficient (Wildman–Crippen LogP) is 2.43. The van der Waals surface area contributed by atoms with Gasteiger partial charge in [0.15, 0.2) is 0 Å². The van der Waals surface area contributed by atoms with Crippen molar-refractivity contribution in [3.05, 3.63) is 64.1 Å². The lowest BCUT2D eigenvalue weighted by molar-refractivity contribution is -0.129. The number of aliphatic hydroxyl groups excluding tert-OH is 1. The Labute approximate surface area is 247 Å². The van der Waals surface area contributed by atoms with Crippen LogP contribution in [-0.4, -0.2) is 85.5 Å². The van der Waals surface area contributed by atoms with E-state index in [4.69, 9.17) is 0 Å². The van der Waals surface area contributed by atoms with Gasteiger partial charge in [0.05, 0.1) is 23.0 Å². The summed E-state index contributed by atoms with van der Waals surface area (Å²) in [6.45, 7) is 3.13. The molecule has 3 N–H and O–H groups in total. The van der Waals surface area contributed by atoms with Gasteiger partial charge in [0.25, 0.3) is 0 Å². The summed E-state index contributed by atoms with van der Waals surface area (Å²) in [5, 5.41) is 17.4. The van der Waals surface area contributed by atoms with Crippen LogP contribution < -0.4 is 10.6 Å². The van der Waals surface area contributed by atoms with Gasteiger partial charge in [-0.1, -0.05) is 25.5 Å². The van der Waals surface area contributed by atoms with Crippen molar-refractivity contribution < 1.29 is 31.9 Å². The fourth-order valence-electron chi connectivity index (χ4n) is 5.32. The number of hydrogen-bond donors (Lipinski definition) is 3. The Bertz CT molecular complexity index is 1340. The monoisotopic (exact) mass is 656 g/mol. The van der Waals surface area contributed by atoms with Gasteiger partial charge in [-0.15, -0.1) is 0 Å². The number of nitrogens with zero attached hydrogens (tertiary/aromatic N) is 2. The zero-order chi connectivity index (χ0) is 29.7. The van der Waals surface area contributed by atoms with Crippen molar-refractivity contribution in [3.8, 4) is 0 Å². The molecule has 2 heterocycles. The largest absolute Gasteiger partial charge is 0.389 e. The molecule has 0 aromatic heterocycles. The molecule has 41 heavy (non-hydrogen) atoms. The number of nitrogens with one attached hydrogen (secondary N) is 2. The highest BCUT2D eigenvalue weighted by Gasteiger charge is 2.39. The maximum Gasteiger partial charge on any atom is 0.244 e. The minimum absolute atomic E-state index is 0.0343. The molecule has 9 nitrogen and oxygen atoms in total. The van der Waals surface area contributed by atoms with Crippen molar-refractivity contribution in [1.29, 1.82) is 0 Å². The fourth-order valence-corrected chi connectivity index (χ4v) is 7.75. The predicted molar refractivity (Wildman–Crippen MR) is 152 cm³/mol. The van der Waals surface area contributed by atoms with Gasteiger partial charge in [0.1, 0.15) is 11.6 Å². The Morgan fingerprint density at radius 3 is 2.59 bits per heavy atom. The first-order chi connectivity index (χ1) is 19.5. The van der Waals surface area contributed by atoms with Crippen LogP contribution in [0, 0.1) is 17.6 Å². The number of sulfonamides is 1. The third-order valence-electron chi connectivity index (χ3n) is 7.52. The van der Waals surface area contributed by atoms with Crippen molar-refractivity contribution in [1.82, 2.24) is 19.8 Å². The third kappa shape index (κ3) is 7.69. The summed E-state index contributed by atoms with van der Waals surface area (Å²) >= 11 is 3.29. The number of halogens is 3. The molecule has 0 radical (unpaired) electrons. The summed E-state index contributed by atoms with van der Waals surface area (Å²) in [6.07, 6.45) is 0.319. The van der Waals surface area contributed by atoms with Crippen LogP contribution in [0.15, 0.2) is 51.8 Å². The van der Waals surface area contributed by atoms with Gasteiger partial charge >= 0.3 is 0 Å². The molecule has 0 aliphatic carbocycles. The molecule has 2 aromatic rings. The molecule has 13 heteroatoms. The number of rotatable bonds is 11. The van der Waals surface area contributed by atoms with E-state index < -0.39 is 51.7 Å². The summed E-state index contributed by atoms with van der Waals surface area (Å²) in [6, 6.07) is 7.60. The molecule has 0 saturated carbocycles. The molecule has 4 atom stereocenters. The number of carbonyl (C=O) groups is 2. The first-order valence-electron chi connectivity index (χ1n) is 13.7. The van der Waals surface area contributed by atoms with Gasteiger partial charge in [0.2, 0.25) is 21.8 Å². The average Bonchev–Trinajstić information content (AvgIpc) is 3.31. The molecular formula is C28H35BrF2N4O5S. The van der Waals surface area contributed by atoms with Crippen molar-refractivity contribution in [2.24, 2.45) is 5.92 Å². The topological polar surface area (TPSA) is 119 Å². The van der Waals surface area contributed by atoms with E-state index >= 15 is 0 Å². The van der Waals surface area contributed by atoms with Crippen molar-refractivity contribution in [3.63, 3.8) is 0 Å².